The molecule has 1 aliphatic carbocycles. The summed E-state index contributed by atoms with van der Waals surface area (Å²) in [7, 11) is 1.51. The van der Waals surface area contributed by atoms with Crippen molar-refractivity contribution in [1.82, 2.24) is 0 Å². The summed E-state index contributed by atoms with van der Waals surface area (Å²) in [5.41, 5.74) is 0.705. The number of hydrogen-bond donors (Lipinski definition) is 0. The monoisotopic (exact) mass is 235 g/mol. The molecule has 0 spiro atoms. The van der Waals surface area contributed by atoms with Crippen molar-refractivity contribution in [3.8, 4) is 5.75 Å². The van der Waals surface area contributed by atoms with Gasteiger partial charge in [-0.05, 0) is 37.0 Å². The number of aliphatic imine (C=N–C) groups is 1. The number of carbonyl (C=O) groups excluding carboxylic acids is 1. The molecule has 90 valence electrons. The second-order valence-electron chi connectivity index (χ2n) is 4.23. The summed E-state index contributed by atoms with van der Waals surface area (Å²) in [6, 6.07) is 3.23. The van der Waals surface area contributed by atoms with Crippen molar-refractivity contribution in [2.24, 2.45) is 4.99 Å². The summed E-state index contributed by atoms with van der Waals surface area (Å²) in [6.45, 7) is 1.87. The lowest BCUT2D eigenvalue weighted by molar-refractivity contribution is 0.403. The Morgan fingerprint density at radius 2 is 2.24 bits per heavy atom. The predicted octanol–water partition coefficient (Wildman–Crippen LogP) is 2.72. The van der Waals surface area contributed by atoms with Crippen LogP contribution in [0.2, 0.25) is 0 Å². The molecule has 0 unspecified atom stereocenters. The topological polar surface area (TPSA) is 38.7 Å². The fraction of sp³-hybridized carbons (Fsp3) is 0.462. The first-order chi connectivity index (χ1) is 8.16. The van der Waals surface area contributed by atoms with E-state index in [1.807, 2.05) is 6.92 Å². The van der Waals surface area contributed by atoms with Crippen LogP contribution in [-0.4, -0.2) is 13.2 Å². The number of hydrogen-bond acceptors (Lipinski definition) is 3. The maximum Gasteiger partial charge on any atom is 0.235 e. The molecule has 1 saturated carbocycles. The molecule has 0 heterocycles. The first-order valence-corrected chi connectivity index (χ1v) is 5.63. The van der Waals surface area contributed by atoms with Crippen LogP contribution in [-0.2, 0) is 16.8 Å². The van der Waals surface area contributed by atoms with Gasteiger partial charge in [0.2, 0.25) is 6.08 Å². The Morgan fingerprint density at radius 3 is 2.71 bits per heavy atom. The van der Waals surface area contributed by atoms with Crippen molar-refractivity contribution in [3.05, 3.63) is 29.1 Å². The normalized spacial score (nSPS) is 16.2. The molecule has 0 saturated heterocycles. The largest absolute Gasteiger partial charge is 0.496 e. The third kappa shape index (κ3) is 1.96. The van der Waals surface area contributed by atoms with Crippen molar-refractivity contribution in [2.45, 2.75) is 31.7 Å². The maximum atomic E-state index is 13.9. The number of methoxy groups -OCH3 is 1. The summed E-state index contributed by atoms with van der Waals surface area (Å²) < 4.78 is 19.1. The smallest absolute Gasteiger partial charge is 0.235 e. The Morgan fingerprint density at radius 1 is 1.53 bits per heavy atom. The van der Waals surface area contributed by atoms with Crippen molar-refractivity contribution >= 4 is 6.08 Å². The van der Waals surface area contributed by atoms with Crippen molar-refractivity contribution in [1.29, 1.82) is 0 Å². The van der Waals surface area contributed by atoms with Gasteiger partial charge in [-0.25, -0.2) is 9.18 Å². The quantitative estimate of drug-likeness (QED) is 0.594. The van der Waals surface area contributed by atoms with E-state index in [0.29, 0.717) is 23.3 Å². The Labute approximate surface area is 99.3 Å². The van der Waals surface area contributed by atoms with Gasteiger partial charge in [-0.15, -0.1) is 0 Å². The minimum Gasteiger partial charge on any atom is -0.496 e. The molecule has 2 rings (SSSR count). The highest BCUT2D eigenvalue weighted by Gasteiger charge is 2.45. The second-order valence-corrected chi connectivity index (χ2v) is 4.23. The third-order valence-corrected chi connectivity index (χ3v) is 3.25. The van der Waals surface area contributed by atoms with Gasteiger partial charge in [-0.1, -0.05) is 6.92 Å². The first-order valence-electron chi connectivity index (χ1n) is 5.63. The maximum absolute atomic E-state index is 13.9. The van der Waals surface area contributed by atoms with Crippen LogP contribution in [0.3, 0.4) is 0 Å². The van der Waals surface area contributed by atoms with E-state index < -0.39 is 5.54 Å². The zero-order chi connectivity index (χ0) is 12.5. The molecular formula is C13H14FNO2. The van der Waals surface area contributed by atoms with Crippen LogP contribution in [0, 0.1) is 5.82 Å². The summed E-state index contributed by atoms with van der Waals surface area (Å²) in [5, 5.41) is 0. The van der Waals surface area contributed by atoms with Gasteiger partial charge in [0.15, 0.2) is 0 Å². The Kier molecular flexibility index (Phi) is 2.99. The molecule has 1 aromatic carbocycles. The standard InChI is InChI=1S/C13H14FNO2/c1-3-10-11(14)6-9(7-12(10)17-2)13(4-5-13)15-8-16/h6-7H,3-5H2,1-2H3. The Hall–Kier alpha value is -1.67. The molecular weight excluding hydrogens is 221 g/mol. The van der Waals surface area contributed by atoms with Gasteiger partial charge in [0.1, 0.15) is 11.6 Å². The van der Waals surface area contributed by atoms with Crippen LogP contribution in [0.15, 0.2) is 17.1 Å². The van der Waals surface area contributed by atoms with Crippen molar-refractivity contribution in [2.75, 3.05) is 7.11 Å². The zero-order valence-corrected chi connectivity index (χ0v) is 9.92. The van der Waals surface area contributed by atoms with E-state index in [-0.39, 0.29) is 5.82 Å². The minimum atomic E-state index is -0.553. The molecule has 0 N–H and O–H groups in total. The lowest BCUT2D eigenvalue weighted by Crippen LogP contribution is -2.05. The van der Waals surface area contributed by atoms with Gasteiger partial charge in [-0.3, -0.25) is 0 Å². The zero-order valence-electron chi connectivity index (χ0n) is 9.92. The molecule has 1 fully saturated rings. The number of ether oxygens (including phenoxy) is 1. The van der Waals surface area contributed by atoms with E-state index in [0.717, 1.165) is 12.8 Å². The number of nitrogens with zero attached hydrogens (tertiary/aromatic N) is 1. The van der Waals surface area contributed by atoms with E-state index in [2.05, 4.69) is 4.99 Å². The number of benzene rings is 1. The summed E-state index contributed by atoms with van der Waals surface area (Å²) in [4.78, 5) is 14.2. The SMILES string of the molecule is CCc1c(F)cc(C2(N=C=O)CC2)cc1OC. The molecule has 4 heteroatoms. The van der Waals surface area contributed by atoms with Crippen LogP contribution >= 0.6 is 0 Å². The van der Waals surface area contributed by atoms with E-state index in [1.165, 1.54) is 13.2 Å². The van der Waals surface area contributed by atoms with Crippen LogP contribution in [0.1, 0.15) is 30.9 Å². The Balaban J connectivity index is 2.51. The second kappa shape index (κ2) is 4.30. The highest BCUT2D eigenvalue weighted by molar-refractivity contribution is 5.46. The van der Waals surface area contributed by atoms with E-state index in [9.17, 15) is 9.18 Å². The van der Waals surface area contributed by atoms with Crippen LogP contribution in [0.4, 0.5) is 4.39 Å². The van der Waals surface area contributed by atoms with E-state index in [4.69, 9.17) is 4.74 Å². The lowest BCUT2D eigenvalue weighted by atomic mass is 10.0. The van der Waals surface area contributed by atoms with Gasteiger partial charge in [0.25, 0.3) is 0 Å². The predicted molar refractivity (Wildman–Crippen MR) is 61.4 cm³/mol. The summed E-state index contributed by atoms with van der Waals surface area (Å²) >= 11 is 0. The molecule has 0 aromatic heterocycles. The van der Waals surface area contributed by atoms with E-state index in [1.54, 1.807) is 12.1 Å². The molecule has 1 aromatic rings. The van der Waals surface area contributed by atoms with Gasteiger partial charge < -0.3 is 4.74 Å². The van der Waals surface area contributed by atoms with Crippen molar-refractivity contribution < 1.29 is 13.9 Å². The van der Waals surface area contributed by atoms with Gasteiger partial charge in [-0.2, -0.15) is 4.99 Å². The molecule has 0 atom stereocenters. The number of halogens is 1. The Bertz CT molecular complexity index is 488. The highest BCUT2D eigenvalue weighted by atomic mass is 19.1. The molecule has 0 bridgehead atoms. The van der Waals surface area contributed by atoms with E-state index >= 15 is 0 Å². The van der Waals surface area contributed by atoms with Crippen LogP contribution < -0.4 is 4.74 Å². The molecule has 0 radical (unpaired) electrons. The fourth-order valence-electron chi connectivity index (χ4n) is 2.08. The molecule has 17 heavy (non-hydrogen) atoms. The fourth-order valence-corrected chi connectivity index (χ4v) is 2.08. The summed E-state index contributed by atoms with van der Waals surface area (Å²) in [6.07, 6.45) is 3.66. The molecule has 1 aliphatic rings. The van der Waals surface area contributed by atoms with Crippen LogP contribution in [0.25, 0.3) is 0 Å². The molecule has 0 amide bonds. The summed E-state index contributed by atoms with van der Waals surface area (Å²) in [5.74, 6) is 0.226. The van der Waals surface area contributed by atoms with Crippen LogP contribution in [0.5, 0.6) is 5.75 Å². The molecule has 3 nitrogen and oxygen atoms in total. The molecule has 0 aliphatic heterocycles. The number of rotatable bonds is 4. The van der Waals surface area contributed by atoms with Gasteiger partial charge in [0, 0.05) is 5.56 Å². The highest BCUT2D eigenvalue weighted by Crippen LogP contribution is 2.50. The lowest BCUT2D eigenvalue weighted by Gasteiger charge is -2.14. The van der Waals surface area contributed by atoms with Gasteiger partial charge >= 0.3 is 0 Å². The average Bonchev–Trinajstić information content (AvgIpc) is 3.09. The first kappa shape index (κ1) is 11.8. The van der Waals surface area contributed by atoms with Crippen molar-refractivity contribution in [3.63, 3.8) is 0 Å². The van der Waals surface area contributed by atoms with Gasteiger partial charge in [0.05, 0.1) is 12.6 Å². The minimum absolute atomic E-state index is 0.297. The number of isocyanates is 1. The third-order valence-electron chi connectivity index (χ3n) is 3.25. The average molecular weight is 235 g/mol.